The monoisotopic (exact) mass is 222 g/mol. The molecule has 0 aromatic carbocycles. The lowest BCUT2D eigenvalue weighted by Gasteiger charge is -1.97. The highest BCUT2D eigenvalue weighted by atomic mass is 32.1. The Hall–Kier alpha value is -1.62. The molecule has 2 rings (SSSR count). The number of hydrogen-bond acceptors (Lipinski definition) is 3. The highest BCUT2D eigenvalue weighted by Gasteiger charge is 2.14. The fourth-order valence-corrected chi connectivity index (χ4v) is 2.06. The molecule has 0 amide bonds. The maximum absolute atomic E-state index is 10.9. The maximum atomic E-state index is 10.9. The van der Waals surface area contributed by atoms with E-state index in [-0.39, 0.29) is 5.69 Å². The molecule has 0 bridgehead atoms. The Morgan fingerprint density at radius 2 is 2.47 bits per heavy atom. The lowest BCUT2D eigenvalue weighted by atomic mass is 10.3. The van der Waals surface area contributed by atoms with Crippen molar-refractivity contribution in [2.75, 3.05) is 0 Å². The number of hydrogen-bond donors (Lipinski definition) is 1. The first-order valence-corrected chi connectivity index (χ1v) is 5.45. The van der Waals surface area contributed by atoms with Gasteiger partial charge in [-0.15, -0.1) is 11.3 Å². The molecule has 78 valence electrons. The molecule has 0 atom stereocenters. The van der Waals surface area contributed by atoms with Gasteiger partial charge in [0.15, 0.2) is 0 Å². The summed E-state index contributed by atoms with van der Waals surface area (Å²) >= 11 is 1.55. The van der Waals surface area contributed by atoms with Gasteiger partial charge in [0.25, 0.3) is 0 Å². The van der Waals surface area contributed by atoms with Gasteiger partial charge in [-0.3, -0.25) is 4.68 Å². The van der Waals surface area contributed by atoms with Crippen LogP contribution in [0.25, 0.3) is 10.6 Å². The van der Waals surface area contributed by atoms with Gasteiger partial charge in [-0.1, -0.05) is 6.07 Å². The van der Waals surface area contributed by atoms with E-state index in [1.807, 2.05) is 24.4 Å². The van der Waals surface area contributed by atoms with Crippen molar-refractivity contribution in [1.29, 1.82) is 0 Å². The third-order valence-electron chi connectivity index (χ3n) is 2.07. The van der Waals surface area contributed by atoms with E-state index in [2.05, 4.69) is 5.10 Å². The number of rotatable bonds is 3. The lowest BCUT2D eigenvalue weighted by Crippen LogP contribution is -2.07. The summed E-state index contributed by atoms with van der Waals surface area (Å²) in [5.74, 6) is -0.938. The topological polar surface area (TPSA) is 55.1 Å². The van der Waals surface area contributed by atoms with E-state index in [1.165, 1.54) is 4.68 Å². The molecule has 4 nitrogen and oxygen atoms in total. The quantitative estimate of drug-likeness (QED) is 0.867. The van der Waals surface area contributed by atoms with Crippen molar-refractivity contribution < 1.29 is 9.90 Å². The molecular weight excluding hydrogens is 212 g/mol. The summed E-state index contributed by atoms with van der Waals surface area (Å²) in [5.41, 5.74) is 0.963. The van der Waals surface area contributed by atoms with Crippen LogP contribution in [0.2, 0.25) is 0 Å². The fraction of sp³-hybridized carbons (Fsp3) is 0.200. The Bertz CT molecular complexity index is 474. The summed E-state index contributed by atoms with van der Waals surface area (Å²) in [6.45, 7) is 2.44. The summed E-state index contributed by atoms with van der Waals surface area (Å²) in [4.78, 5) is 11.9. The largest absolute Gasteiger partial charge is 0.477 e. The first kappa shape index (κ1) is 9.92. The van der Waals surface area contributed by atoms with Crippen molar-refractivity contribution in [3.8, 4) is 10.6 Å². The van der Waals surface area contributed by atoms with Gasteiger partial charge in [0.05, 0.1) is 4.88 Å². The second-order valence-corrected chi connectivity index (χ2v) is 3.96. The summed E-state index contributed by atoms with van der Waals surface area (Å²) in [7, 11) is 0. The zero-order valence-electron chi connectivity index (χ0n) is 8.17. The van der Waals surface area contributed by atoms with Gasteiger partial charge in [-0.2, -0.15) is 5.10 Å². The zero-order valence-corrected chi connectivity index (χ0v) is 8.99. The molecule has 15 heavy (non-hydrogen) atoms. The minimum Gasteiger partial charge on any atom is -0.477 e. The van der Waals surface area contributed by atoms with Gasteiger partial charge >= 0.3 is 5.97 Å². The number of carboxylic acids is 1. The van der Waals surface area contributed by atoms with Gasteiger partial charge in [-0.25, -0.2) is 4.79 Å². The van der Waals surface area contributed by atoms with Crippen molar-refractivity contribution >= 4 is 17.3 Å². The first-order valence-electron chi connectivity index (χ1n) is 4.57. The molecule has 0 aliphatic carbocycles. The number of aryl methyl sites for hydroxylation is 1. The standard InChI is InChI=1S/C10H10N2O2S/c1-2-12-8(10(13)14)6-7(11-12)9-4-3-5-15-9/h3-6H,2H2,1H3,(H,13,14). The molecule has 0 spiro atoms. The van der Waals surface area contributed by atoms with Crippen molar-refractivity contribution in [1.82, 2.24) is 9.78 Å². The summed E-state index contributed by atoms with van der Waals surface area (Å²) in [6.07, 6.45) is 0. The Morgan fingerprint density at radius 3 is 2.93 bits per heavy atom. The van der Waals surface area contributed by atoms with E-state index in [1.54, 1.807) is 17.4 Å². The van der Waals surface area contributed by atoms with Crippen molar-refractivity contribution in [3.63, 3.8) is 0 Å². The lowest BCUT2D eigenvalue weighted by molar-refractivity contribution is 0.0683. The van der Waals surface area contributed by atoms with Crippen molar-refractivity contribution in [3.05, 3.63) is 29.3 Å². The summed E-state index contributed by atoms with van der Waals surface area (Å²) in [5, 5.41) is 15.1. The van der Waals surface area contributed by atoms with E-state index in [0.717, 1.165) is 10.6 Å². The predicted octanol–water partition coefficient (Wildman–Crippen LogP) is 2.33. The second kappa shape index (κ2) is 3.86. The summed E-state index contributed by atoms with van der Waals surface area (Å²) < 4.78 is 1.50. The normalized spacial score (nSPS) is 10.5. The molecule has 2 heterocycles. The molecule has 0 unspecified atom stereocenters. The van der Waals surface area contributed by atoms with Gasteiger partial charge in [-0.05, 0) is 24.4 Å². The summed E-state index contributed by atoms with van der Waals surface area (Å²) in [6, 6.07) is 5.46. The van der Waals surface area contributed by atoms with Gasteiger partial charge in [0.1, 0.15) is 11.4 Å². The van der Waals surface area contributed by atoms with Crippen LogP contribution in [-0.4, -0.2) is 20.9 Å². The van der Waals surface area contributed by atoms with Gasteiger partial charge in [0.2, 0.25) is 0 Å². The smallest absolute Gasteiger partial charge is 0.354 e. The predicted molar refractivity (Wildman–Crippen MR) is 58.2 cm³/mol. The highest BCUT2D eigenvalue weighted by molar-refractivity contribution is 7.13. The molecule has 2 aromatic rings. The Balaban J connectivity index is 2.48. The van der Waals surface area contributed by atoms with Crippen LogP contribution in [0.5, 0.6) is 0 Å². The third-order valence-corrected chi connectivity index (χ3v) is 2.96. The van der Waals surface area contributed by atoms with Crippen molar-refractivity contribution in [2.24, 2.45) is 0 Å². The first-order chi connectivity index (χ1) is 7.22. The van der Waals surface area contributed by atoms with Crippen LogP contribution in [0.4, 0.5) is 0 Å². The molecule has 0 saturated carbocycles. The molecule has 2 aromatic heterocycles. The maximum Gasteiger partial charge on any atom is 0.354 e. The molecule has 1 N–H and O–H groups in total. The van der Waals surface area contributed by atoms with Crippen LogP contribution >= 0.6 is 11.3 Å². The minimum atomic E-state index is -0.938. The van der Waals surface area contributed by atoms with E-state index in [0.29, 0.717) is 6.54 Å². The number of carboxylic acid groups (broad SMARTS) is 1. The van der Waals surface area contributed by atoms with Crippen molar-refractivity contribution in [2.45, 2.75) is 13.5 Å². The molecule has 5 heteroatoms. The van der Waals surface area contributed by atoms with Crippen LogP contribution < -0.4 is 0 Å². The van der Waals surface area contributed by atoms with Crippen LogP contribution in [0, 0.1) is 0 Å². The van der Waals surface area contributed by atoms with Crippen LogP contribution in [-0.2, 0) is 6.54 Å². The molecule has 0 saturated heterocycles. The average Bonchev–Trinajstić information content (AvgIpc) is 2.86. The average molecular weight is 222 g/mol. The van der Waals surface area contributed by atoms with Crippen LogP contribution in [0.1, 0.15) is 17.4 Å². The second-order valence-electron chi connectivity index (χ2n) is 3.01. The minimum absolute atomic E-state index is 0.237. The van der Waals surface area contributed by atoms with Crippen LogP contribution in [0.15, 0.2) is 23.6 Å². The number of aromatic carboxylic acids is 1. The fourth-order valence-electron chi connectivity index (χ4n) is 1.37. The number of nitrogens with zero attached hydrogens (tertiary/aromatic N) is 2. The highest BCUT2D eigenvalue weighted by Crippen LogP contribution is 2.24. The molecule has 0 radical (unpaired) electrons. The third kappa shape index (κ3) is 1.78. The van der Waals surface area contributed by atoms with E-state index in [9.17, 15) is 4.79 Å². The van der Waals surface area contributed by atoms with Gasteiger partial charge in [0, 0.05) is 6.54 Å². The SMILES string of the molecule is CCn1nc(-c2cccs2)cc1C(=O)O. The number of thiophene rings is 1. The number of carbonyl (C=O) groups is 1. The van der Waals surface area contributed by atoms with E-state index in [4.69, 9.17) is 5.11 Å². The van der Waals surface area contributed by atoms with E-state index < -0.39 is 5.97 Å². The Kier molecular flexibility index (Phi) is 2.55. The Morgan fingerprint density at radius 1 is 1.67 bits per heavy atom. The molecular formula is C10H10N2O2S. The molecule has 0 aliphatic heterocycles. The Labute approximate surface area is 90.8 Å². The number of aromatic nitrogens is 2. The van der Waals surface area contributed by atoms with Crippen LogP contribution in [0.3, 0.4) is 0 Å². The molecule has 0 fully saturated rings. The molecule has 0 aliphatic rings. The van der Waals surface area contributed by atoms with Gasteiger partial charge < -0.3 is 5.11 Å². The zero-order chi connectivity index (χ0) is 10.8. The van der Waals surface area contributed by atoms with E-state index >= 15 is 0 Å².